The van der Waals surface area contributed by atoms with E-state index in [9.17, 15) is 0 Å². The summed E-state index contributed by atoms with van der Waals surface area (Å²) in [5.41, 5.74) is 3.73. The summed E-state index contributed by atoms with van der Waals surface area (Å²) in [6, 6.07) is 17.2. The molecule has 0 saturated heterocycles. The zero-order chi connectivity index (χ0) is 13.9. The normalized spacial score (nSPS) is 21.1. The van der Waals surface area contributed by atoms with Crippen molar-refractivity contribution < 1.29 is 4.74 Å². The maximum Gasteiger partial charge on any atom is 0.0867 e. The molecule has 0 aliphatic carbocycles. The lowest BCUT2D eigenvalue weighted by atomic mass is 9.91. The minimum absolute atomic E-state index is 0.152. The van der Waals surface area contributed by atoms with Crippen LogP contribution in [0.15, 0.2) is 53.0 Å². The van der Waals surface area contributed by atoms with Gasteiger partial charge in [0, 0.05) is 28.8 Å². The number of ether oxygens (including phenoxy) is 1. The number of rotatable bonds is 3. The lowest BCUT2D eigenvalue weighted by molar-refractivity contribution is 0.0498. The van der Waals surface area contributed by atoms with Crippen LogP contribution in [0.2, 0.25) is 0 Å². The van der Waals surface area contributed by atoms with Crippen molar-refractivity contribution >= 4 is 21.6 Å². The smallest absolute Gasteiger partial charge is 0.0867 e. The molecule has 0 fully saturated rings. The summed E-state index contributed by atoms with van der Waals surface area (Å²) in [5.74, 6) is 0. The third-order valence-electron chi connectivity index (χ3n) is 3.71. The molecule has 0 radical (unpaired) electrons. The third kappa shape index (κ3) is 2.74. The Morgan fingerprint density at radius 3 is 2.75 bits per heavy atom. The van der Waals surface area contributed by atoms with Gasteiger partial charge < -0.3 is 10.1 Å². The third-order valence-corrected chi connectivity index (χ3v) is 4.20. The summed E-state index contributed by atoms with van der Waals surface area (Å²) in [6.45, 7) is 2.79. The van der Waals surface area contributed by atoms with Crippen LogP contribution in [0.5, 0.6) is 0 Å². The molecule has 0 saturated carbocycles. The summed E-state index contributed by atoms with van der Waals surface area (Å²) in [7, 11) is 0. The molecule has 3 rings (SSSR count). The molecule has 1 aliphatic heterocycles. The second-order valence-electron chi connectivity index (χ2n) is 5.02. The molecule has 2 aromatic rings. The molecule has 0 bridgehead atoms. The van der Waals surface area contributed by atoms with Gasteiger partial charge in [-0.1, -0.05) is 46.3 Å². The number of fused-ring (bicyclic) bond motifs is 1. The summed E-state index contributed by atoms with van der Waals surface area (Å²) in [5, 5.41) is 3.63. The van der Waals surface area contributed by atoms with Crippen molar-refractivity contribution in [3.8, 4) is 0 Å². The Balaban J connectivity index is 1.95. The molecule has 20 heavy (non-hydrogen) atoms. The number of halogens is 1. The summed E-state index contributed by atoms with van der Waals surface area (Å²) < 4.78 is 7.05. The van der Waals surface area contributed by atoms with E-state index in [-0.39, 0.29) is 6.10 Å². The topological polar surface area (TPSA) is 21.3 Å². The fraction of sp³-hybridized carbons (Fsp3) is 0.294. The molecule has 0 spiro atoms. The van der Waals surface area contributed by atoms with Gasteiger partial charge in [-0.25, -0.2) is 0 Å². The van der Waals surface area contributed by atoms with Crippen LogP contribution in [0.3, 0.4) is 0 Å². The molecule has 2 nitrogen and oxygen atoms in total. The van der Waals surface area contributed by atoms with Gasteiger partial charge in [0.25, 0.3) is 0 Å². The van der Waals surface area contributed by atoms with Crippen LogP contribution >= 0.6 is 15.9 Å². The van der Waals surface area contributed by atoms with Gasteiger partial charge in [-0.3, -0.25) is 0 Å². The first-order valence-corrected chi connectivity index (χ1v) is 7.79. The van der Waals surface area contributed by atoms with Gasteiger partial charge in [0.15, 0.2) is 0 Å². The molecule has 1 N–H and O–H groups in total. The lowest BCUT2D eigenvalue weighted by Crippen LogP contribution is -2.23. The number of anilines is 1. The molecular formula is C17H18BrNO. The molecule has 1 heterocycles. The van der Waals surface area contributed by atoms with E-state index < -0.39 is 0 Å². The van der Waals surface area contributed by atoms with Crippen LogP contribution in [0.4, 0.5) is 5.69 Å². The minimum atomic E-state index is 0.152. The van der Waals surface area contributed by atoms with Crippen LogP contribution in [-0.2, 0) is 4.74 Å². The molecule has 1 aliphatic rings. The highest BCUT2D eigenvalue weighted by molar-refractivity contribution is 9.10. The van der Waals surface area contributed by atoms with Crippen LogP contribution in [0.25, 0.3) is 0 Å². The Labute approximate surface area is 128 Å². The minimum Gasteiger partial charge on any atom is -0.378 e. The van der Waals surface area contributed by atoms with Crippen molar-refractivity contribution in [1.82, 2.24) is 0 Å². The molecule has 2 aromatic carbocycles. The fourth-order valence-electron chi connectivity index (χ4n) is 2.78. The van der Waals surface area contributed by atoms with E-state index in [1.54, 1.807) is 0 Å². The maximum atomic E-state index is 5.96. The second kappa shape index (κ2) is 5.98. The van der Waals surface area contributed by atoms with E-state index in [1.807, 2.05) is 0 Å². The predicted molar refractivity (Wildman–Crippen MR) is 85.9 cm³/mol. The molecule has 3 heteroatoms. The van der Waals surface area contributed by atoms with E-state index >= 15 is 0 Å². The van der Waals surface area contributed by atoms with Gasteiger partial charge in [-0.05, 0) is 30.7 Å². The van der Waals surface area contributed by atoms with Crippen molar-refractivity contribution in [2.24, 2.45) is 0 Å². The van der Waals surface area contributed by atoms with Crippen molar-refractivity contribution in [2.75, 3.05) is 11.9 Å². The Hall–Kier alpha value is -1.32. The van der Waals surface area contributed by atoms with E-state index in [1.165, 1.54) is 16.8 Å². The van der Waals surface area contributed by atoms with Crippen LogP contribution < -0.4 is 5.32 Å². The molecule has 0 aromatic heterocycles. The summed E-state index contributed by atoms with van der Waals surface area (Å²) >= 11 is 3.55. The highest BCUT2D eigenvalue weighted by Gasteiger charge is 2.27. The van der Waals surface area contributed by atoms with Gasteiger partial charge in [-0.15, -0.1) is 0 Å². The standard InChI is InChI=1S/C17H18BrNO/c1-2-20-17-11-16(12-6-4-3-5-7-12)19-15-9-8-13(18)10-14(15)17/h3-10,16-17,19H,2,11H2,1H3. The van der Waals surface area contributed by atoms with Gasteiger partial charge in [0.2, 0.25) is 0 Å². The Morgan fingerprint density at radius 1 is 1.20 bits per heavy atom. The largest absolute Gasteiger partial charge is 0.378 e. The SMILES string of the molecule is CCOC1CC(c2ccccc2)Nc2ccc(Br)cc21. The highest BCUT2D eigenvalue weighted by Crippen LogP contribution is 2.41. The first kappa shape index (κ1) is 13.7. The van der Waals surface area contributed by atoms with Gasteiger partial charge in [0.1, 0.15) is 0 Å². The van der Waals surface area contributed by atoms with Gasteiger partial charge in [0.05, 0.1) is 12.1 Å². The van der Waals surface area contributed by atoms with Crippen molar-refractivity contribution in [2.45, 2.75) is 25.5 Å². The van der Waals surface area contributed by atoms with E-state index in [0.717, 1.165) is 17.5 Å². The highest BCUT2D eigenvalue weighted by atomic mass is 79.9. The average molecular weight is 332 g/mol. The number of hydrogen-bond acceptors (Lipinski definition) is 2. The van der Waals surface area contributed by atoms with Crippen LogP contribution in [-0.4, -0.2) is 6.61 Å². The zero-order valence-electron chi connectivity index (χ0n) is 11.5. The lowest BCUT2D eigenvalue weighted by Gasteiger charge is -2.33. The van der Waals surface area contributed by atoms with Gasteiger partial charge in [-0.2, -0.15) is 0 Å². The second-order valence-corrected chi connectivity index (χ2v) is 5.93. The number of benzene rings is 2. The van der Waals surface area contributed by atoms with Crippen molar-refractivity contribution in [3.63, 3.8) is 0 Å². The Kier molecular flexibility index (Phi) is 4.08. The zero-order valence-corrected chi connectivity index (χ0v) is 13.1. The molecular weight excluding hydrogens is 314 g/mol. The first-order chi connectivity index (χ1) is 9.78. The predicted octanol–water partition coefficient (Wildman–Crippen LogP) is 5.08. The number of hydrogen-bond donors (Lipinski definition) is 1. The summed E-state index contributed by atoms with van der Waals surface area (Å²) in [6.07, 6.45) is 1.11. The Morgan fingerprint density at radius 2 is 2.00 bits per heavy atom. The van der Waals surface area contributed by atoms with E-state index in [0.29, 0.717) is 6.04 Å². The van der Waals surface area contributed by atoms with E-state index in [4.69, 9.17) is 4.74 Å². The molecule has 2 atom stereocenters. The maximum absolute atomic E-state index is 5.96. The Bertz CT molecular complexity index is 585. The monoisotopic (exact) mass is 331 g/mol. The van der Waals surface area contributed by atoms with Crippen LogP contribution in [0, 0.1) is 0 Å². The van der Waals surface area contributed by atoms with Crippen LogP contribution in [0.1, 0.15) is 36.6 Å². The molecule has 2 unspecified atom stereocenters. The van der Waals surface area contributed by atoms with Crippen molar-refractivity contribution in [3.05, 3.63) is 64.1 Å². The molecule has 104 valence electrons. The molecule has 0 amide bonds. The fourth-order valence-corrected chi connectivity index (χ4v) is 3.16. The van der Waals surface area contributed by atoms with Crippen molar-refractivity contribution in [1.29, 1.82) is 0 Å². The van der Waals surface area contributed by atoms with Gasteiger partial charge >= 0.3 is 0 Å². The quantitative estimate of drug-likeness (QED) is 0.846. The number of nitrogens with one attached hydrogen (secondary N) is 1. The average Bonchev–Trinajstić information content (AvgIpc) is 2.49. The first-order valence-electron chi connectivity index (χ1n) is 7.00. The summed E-state index contributed by atoms with van der Waals surface area (Å²) in [4.78, 5) is 0. The van der Waals surface area contributed by atoms with E-state index in [2.05, 4.69) is 76.7 Å².